The SMILES string of the molecule is NCc1ccc(S(=O)(=O)NCc2ccco2)cc1Cl. The Morgan fingerprint density at radius 3 is 2.68 bits per heavy atom. The third-order valence-electron chi connectivity index (χ3n) is 2.57. The fraction of sp³-hybridized carbons (Fsp3) is 0.167. The lowest BCUT2D eigenvalue weighted by Gasteiger charge is -2.07. The Morgan fingerprint density at radius 2 is 2.11 bits per heavy atom. The van der Waals surface area contributed by atoms with Crippen LogP contribution >= 0.6 is 11.6 Å². The zero-order chi connectivity index (χ0) is 13.9. The third-order valence-corrected chi connectivity index (χ3v) is 4.32. The lowest BCUT2D eigenvalue weighted by Crippen LogP contribution is -2.23. The van der Waals surface area contributed by atoms with Crippen molar-refractivity contribution in [2.45, 2.75) is 18.0 Å². The topological polar surface area (TPSA) is 85.3 Å². The second-order valence-corrected chi connectivity index (χ2v) is 6.04. The maximum Gasteiger partial charge on any atom is 0.241 e. The van der Waals surface area contributed by atoms with Gasteiger partial charge in [0.1, 0.15) is 5.76 Å². The molecule has 0 atom stereocenters. The molecule has 0 unspecified atom stereocenters. The van der Waals surface area contributed by atoms with Crippen molar-refractivity contribution in [2.75, 3.05) is 0 Å². The first kappa shape index (κ1) is 14.1. The quantitative estimate of drug-likeness (QED) is 0.882. The molecule has 0 aliphatic heterocycles. The average molecular weight is 301 g/mol. The molecule has 0 saturated heterocycles. The predicted octanol–water partition coefficient (Wildman–Crippen LogP) is 1.87. The molecular formula is C12H13ClN2O3S. The van der Waals surface area contributed by atoms with E-state index in [0.29, 0.717) is 16.3 Å². The molecule has 0 radical (unpaired) electrons. The van der Waals surface area contributed by atoms with Crippen LogP contribution in [-0.2, 0) is 23.1 Å². The first-order valence-electron chi connectivity index (χ1n) is 5.53. The number of furan rings is 1. The molecule has 0 saturated carbocycles. The van der Waals surface area contributed by atoms with E-state index in [1.165, 1.54) is 18.4 Å². The minimum absolute atomic E-state index is 0.0889. The van der Waals surface area contributed by atoms with Crippen LogP contribution in [0.2, 0.25) is 5.02 Å². The summed E-state index contributed by atoms with van der Waals surface area (Å²) in [6.45, 7) is 0.352. The van der Waals surface area contributed by atoms with Crippen molar-refractivity contribution < 1.29 is 12.8 Å². The Morgan fingerprint density at radius 1 is 1.32 bits per heavy atom. The molecule has 0 aliphatic rings. The second-order valence-electron chi connectivity index (χ2n) is 3.86. The second kappa shape index (κ2) is 5.75. The Bertz CT molecular complexity index is 654. The molecule has 0 fully saturated rings. The van der Waals surface area contributed by atoms with Gasteiger partial charge in [-0.2, -0.15) is 0 Å². The lowest BCUT2D eigenvalue weighted by atomic mass is 10.2. The van der Waals surface area contributed by atoms with Crippen LogP contribution < -0.4 is 10.5 Å². The van der Waals surface area contributed by atoms with E-state index in [1.54, 1.807) is 18.2 Å². The number of sulfonamides is 1. The molecule has 7 heteroatoms. The van der Waals surface area contributed by atoms with Gasteiger partial charge < -0.3 is 10.2 Å². The highest BCUT2D eigenvalue weighted by atomic mass is 35.5. The van der Waals surface area contributed by atoms with Crippen molar-refractivity contribution >= 4 is 21.6 Å². The summed E-state index contributed by atoms with van der Waals surface area (Å²) in [6, 6.07) is 7.83. The summed E-state index contributed by atoms with van der Waals surface area (Å²) >= 11 is 5.94. The van der Waals surface area contributed by atoms with E-state index in [0.717, 1.165) is 0 Å². The minimum atomic E-state index is -3.62. The molecule has 5 nitrogen and oxygen atoms in total. The summed E-state index contributed by atoms with van der Waals surface area (Å²) in [5.74, 6) is 0.535. The summed E-state index contributed by atoms with van der Waals surface area (Å²) in [4.78, 5) is 0.0984. The van der Waals surface area contributed by atoms with Gasteiger partial charge >= 0.3 is 0 Å². The number of benzene rings is 1. The molecule has 0 aliphatic carbocycles. The normalized spacial score (nSPS) is 11.7. The van der Waals surface area contributed by atoms with Crippen molar-refractivity contribution in [1.82, 2.24) is 4.72 Å². The van der Waals surface area contributed by atoms with E-state index in [4.69, 9.17) is 21.8 Å². The summed E-state index contributed by atoms with van der Waals surface area (Å²) in [5.41, 5.74) is 6.17. The van der Waals surface area contributed by atoms with E-state index in [2.05, 4.69) is 4.72 Å². The Labute approximate surface area is 116 Å². The highest BCUT2D eigenvalue weighted by Crippen LogP contribution is 2.20. The van der Waals surface area contributed by atoms with Crippen LogP contribution in [0.1, 0.15) is 11.3 Å². The molecule has 102 valence electrons. The number of hydrogen-bond donors (Lipinski definition) is 2. The number of nitrogens with two attached hydrogens (primary N) is 1. The summed E-state index contributed by atoms with van der Waals surface area (Å²) in [7, 11) is -3.62. The van der Waals surface area contributed by atoms with Crippen molar-refractivity contribution in [2.24, 2.45) is 5.73 Å². The number of nitrogens with one attached hydrogen (secondary N) is 1. The smallest absolute Gasteiger partial charge is 0.241 e. The van der Waals surface area contributed by atoms with Gasteiger partial charge in [0, 0.05) is 11.6 Å². The van der Waals surface area contributed by atoms with Gasteiger partial charge in [0.25, 0.3) is 0 Å². The third kappa shape index (κ3) is 3.36. The largest absolute Gasteiger partial charge is 0.468 e. The number of hydrogen-bond acceptors (Lipinski definition) is 4. The summed E-state index contributed by atoms with van der Waals surface area (Å²) in [6.07, 6.45) is 1.48. The van der Waals surface area contributed by atoms with Gasteiger partial charge in [-0.1, -0.05) is 17.7 Å². The lowest BCUT2D eigenvalue weighted by molar-refractivity contribution is 0.498. The van der Waals surface area contributed by atoms with Crippen LogP contribution in [0.5, 0.6) is 0 Å². The Kier molecular flexibility index (Phi) is 4.26. The van der Waals surface area contributed by atoms with Crippen molar-refractivity contribution in [3.8, 4) is 0 Å². The summed E-state index contributed by atoms with van der Waals surface area (Å²) < 4.78 is 31.6. The molecule has 0 spiro atoms. The first-order valence-corrected chi connectivity index (χ1v) is 7.39. The predicted molar refractivity (Wildman–Crippen MR) is 72.1 cm³/mol. The van der Waals surface area contributed by atoms with Gasteiger partial charge in [0.15, 0.2) is 0 Å². The van der Waals surface area contributed by atoms with Gasteiger partial charge in [0.2, 0.25) is 10.0 Å². The van der Waals surface area contributed by atoms with E-state index in [9.17, 15) is 8.42 Å². The molecular weight excluding hydrogens is 288 g/mol. The van der Waals surface area contributed by atoms with Gasteiger partial charge in [-0.3, -0.25) is 0 Å². The Hall–Kier alpha value is -1.34. The zero-order valence-electron chi connectivity index (χ0n) is 9.97. The maximum absolute atomic E-state index is 12.0. The van der Waals surface area contributed by atoms with Crippen LogP contribution in [0.3, 0.4) is 0 Å². The average Bonchev–Trinajstić information content (AvgIpc) is 2.89. The molecule has 2 aromatic rings. The van der Waals surface area contributed by atoms with Gasteiger partial charge in [0.05, 0.1) is 17.7 Å². The van der Waals surface area contributed by atoms with E-state index in [-0.39, 0.29) is 18.0 Å². The van der Waals surface area contributed by atoms with Crippen LogP contribution in [0.15, 0.2) is 45.9 Å². The highest BCUT2D eigenvalue weighted by molar-refractivity contribution is 7.89. The fourth-order valence-electron chi connectivity index (χ4n) is 1.52. The van der Waals surface area contributed by atoms with Crippen molar-refractivity contribution in [3.05, 3.63) is 52.9 Å². The molecule has 1 heterocycles. The van der Waals surface area contributed by atoms with E-state index < -0.39 is 10.0 Å². The monoisotopic (exact) mass is 300 g/mol. The number of halogens is 1. The van der Waals surface area contributed by atoms with Crippen molar-refractivity contribution in [1.29, 1.82) is 0 Å². The molecule has 3 N–H and O–H groups in total. The molecule has 19 heavy (non-hydrogen) atoms. The number of rotatable bonds is 5. The maximum atomic E-state index is 12.0. The van der Waals surface area contributed by atoms with Crippen LogP contribution in [0.25, 0.3) is 0 Å². The molecule has 0 amide bonds. The van der Waals surface area contributed by atoms with Crippen LogP contribution in [0, 0.1) is 0 Å². The minimum Gasteiger partial charge on any atom is -0.468 e. The van der Waals surface area contributed by atoms with Gasteiger partial charge in [-0.25, -0.2) is 13.1 Å². The zero-order valence-corrected chi connectivity index (χ0v) is 11.5. The highest BCUT2D eigenvalue weighted by Gasteiger charge is 2.15. The van der Waals surface area contributed by atoms with Crippen LogP contribution in [0.4, 0.5) is 0 Å². The fourth-order valence-corrected chi connectivity index (χ4v) is 2.86. The van der Waals surface area contributed by atoms with E-state index in [1.807, 2.05) is 0 Å². The van der Waals surface area contributed by atoms with Gasteiger partial charge in [-0.05, 0) is 29.8 Å². The first-order chi connectivity index (χ1) is 9.03. The standard InChI is InChI=1S/C12H13ClN2O3S/c13-12-6-11(4-3-9(12)7-14)19(16,17)15-8-10-2-1-5-18-10/h1-6,15H,7-8,14H2. The van der Waals surface area contributed by atoms with Crippen molar-refractivity contribution in [3.63, 3.8) is 0 Å². The molecule has 0 bridgehead atoms. The molecule has 1 aromatic carbocycles. The van der Waals surface area contributed by atoms with Crippen LogP contribution in [-0.4, -0.2) is 8.42 Å². The summed E-state index contributed by atoms with van der Waals surface area (Å²) in [5, 5.41) is 0.336. The Balaban J connectivity index is 2.17. The molecule has 2 rings (SSSR count). The molecule has 1 aromatic heterocycles. The van der Waals surface area contributed by atoms with Gasteiger partial charge in [-0.15, -0.1) is 0 Å². The van der Waals surface area contributed by atoms with E-state index >= 15 is 0 Å².